The van der Waals surface area contributed by atoms with Crippen molar-refractivity contribution in [3.05, 3.63) is 58.1 Å². The second kappa shape index (κ2) is 7.19. The van der Waals surface area contributed by atoms with E-state index in [1.807, 2.05) is 13.0 Å². The fourth-order valence-electron chi connectivity index (χ4n) is 3.80. The first-order chi connectivity index (χ1) is 13.5. The molecule has 1 saturated carbocycles. The van der Waals surface area contributed by atoms with E-state index >= 15 is 0 Å². The number of aryl methyl sites for hydroxylation is 2. The third-order valence-electron chi connectivity index (χ3n) is 5.52. The number of rotatable bonds is 6. The second-order valence-electron chi connectivity index (χ2n) is 7.53. The van der Waals surface area contributed by atoms with E-state index < -0.39 is 5.76 Å². The highest BCUT2D eigenvalue weighted by atomic mass is 16.5. The van der Waals surface area contributed by atoms with Crippen LogP contribution in [0.4, 0.5) is 5.69 Å². The van der Waals surface area contributed by atoms with E-state index in [-0.39, 0.29) is 11.8 Å². The lowest BCUT2D eigenvalue weighted by Crippen LogP contribution is -2.17. The number of amides is 1. The molecule has 1 amide bonds. The molecule has 0 bridgehead atoms. The molecule has 1 atom stereocenters. The van der Waals surface area contributed by atoms with Crippen LogP contribution in [0.25, 0.3) is 11.1 Å². The fourth-order valence-corrected chi connectivity index (χ4v) is 3.80. The van der Waals surface area contributed by atoms with Gasteiger partial charge in [0.05, 0.1) is 12.6 Å². The quantitative estimate of drug-likeness (QED) is 0.702. The van der Waals surface area contributed by atoms with Gasteiger partial charge in [0.25, 0.3) is 0 Å². The molecule has 0 aliphatic heterocycles. The molecule has 3 aromatic rings. The summed E-state index contributed by atoms with van der Waals surface area (Å²) < 4.78 is 11.9. The van der Waals surface area contributed by atoms with E-state index in [4.69, 9.17) is 9.15 Å². The van der Waals surface area contributed by atoms with E-state index in [1.165, 1.54) is 10.1 Å². The average Bonchev–Trinajstić information content (AvgIpc) is 3.47. The molecule has 6 nitrogen and oxygen atoms in total. The minimum atomic E-state index is -0.415. The molecule has 1 aliphatic carbocycles. The van der Waals surface area contributed by atoms with Crippen molar-refractivity contribution < 1.29 is 13.9 Å². The van der Waals surface area contributed by atoms with Gasteiger partial charge >= 0.3 is 5.76 Å². The summed E-state index contributed by atoms with van der Waals surface area (Å²) in [5.41, 5.74) is 4.10. The van der Waals surface area contributed by atoms with Gasteiger partial charge < -0.3 is 14.5 Å². The zero-order valence-electron chi connectivity index (χ0n) is 16.3. The average molecular weight is 380 g/mol. The topological polar surface area (TPSA) is 73.5 Å². The van der Waals surface area contributed by atoms with Crippen LogP contribution >= 0.6 is 0 Å². The Balaban J connectivity index is 1.52. The number of nitrogens with one attached hydrogen (secondary N) is 1. The van der Waals surface area contributed by atoms with Gasteiger partial charge in [-0.15, -0.1) is 0 Å². The summed E-state index contributed by atoms with van der Waals surface area (Å²) in [6, 6.07) is 11.4. The number of aromatic nitrogens is 1. The van der Waals surface area contributed by atoms with E-state index in [0.717, 1.165) is 24.2 Å². The molecule has 1 unspecified atom stereocenters. The second-order valence-corrected chi connectivity index (χ2v) is 7.53. The van der Waals surface area contributed by atoms with Crippen molar-refractivity contribution in [1.82, 2.24) is 4.57 Å². The van der Waals surface area contributed by atoms with Crippen molar-refractivity contribution in [1.29, 1.82) is 0 Å². The molecule has 2 aromatic carbocycles. The number of hydrogen-bond donors (Lipinski definition) is 1. The number of oxazole rings is 1. The fraction of sp³-hybridized carbons (Fsp3) is 0.364. The Labute approximate surface area is 163 Å². The summed E-state index contributed by atoms with van der Waals surface area (Å²) in [6.07, 6.45) is 2.75. The number of carbonyl (C=O) groups excluding carboxylic acids is 1. The standard InChI is InChI=1S/C22H24N2O4/c1-13-10-15(6-8-19(13)27-3)17(14-4-5-14)12-21(25)23-16-7-9-20-18(11-16)24(2)22(26)28-20/h6-11,14,17H,4-5,12H2,1-3H3,(H,23,25). The molecule has 1 aliphatic rings. The maximum Gasteiger partial charge on any atom is 0.419 e. The lowest BCUT2D eigenvalue weighted by molar-refractivity contribution is -0.116. The van der Waals surface area contributed by atoms with E-state index in [9.17, 15) is 9.59 Å². The number of carbonyl (C=O) groups is 1. The molecule has 0 radical (unpaired) electrons. The number of methoxy groups -OCH3 is 1. The Bertz CT molecular complexity index is 1090. The van der Waals surface area contributed by atoms with Crippen LogP contribution in [0.2, 0.25) is 0 Å². The van der Waals surface area contributed by atoms with Crippen molar-refractivity contribution >= 4 is 22.7 Å². The molecule has 4 rings (SSSR count). The predicted molar refractivity (Wildman–Crippen MR) is 108 cm³/mol. The highest BCUT2D eigenvalue weighted by Crippen LogP contribution is 2.45. The van der Waals surface area contributed by atoms with Crippen molar-refractivity contribution in [3.8, 4) is 5.75 Å². The number of anilines is 1. The number of hydrogen-bond acceptors (Lipinski definition) is 4. The first-order valence-electron chi connectivity index (χ1n) is 9.50. The molecule has 1 fully saturated rings. The molecule has 1 aromatic heterocycles. The van der Waals surface area contributed by atoms with Crippen LogP contribution in [0.1, 0.15) is 36.3 Å². The van der Waals surface area contributed by atoms with Gasteiger partial charge in [0.1, 0.15) is 5.75 Å². The Morgan fingerprint density at radius 1 is 1.29 bits per heavy atom. The van der Waals surface area contributed by atoms with Crippen LogP contribution in [0, 0.1) is 12.8 Å². The van der Waals surface area contributed by atoms with Crippen LogP contribution in [-0.2, 0) is 11.8 Å². The first-order valence-corrected chi connectivity index (χ1v) is 9.50. The predicted octanol–water partition coefficient (Wildman–Crippen LogP) is 3.97. The van der Waals surface area contributed by atoms with Gasteiger partial charge in [-0.1, -0.05) is 12.1 Å². The molecular weight excluding hydrogens is 356 g/mol. The lowest BCUT2D eigenvalue weighted by Gasteiger charge is -2.18. The third kappa shape index (κ3) is 3.54. The van der Waals surface area contributed by atoms with E-state index in [1.54, 1.807) is 32.4 Å². The highest BCUT2D eigenvalue weighted by molar-refractivity contribution is 5.93. The van der Waals surface area contributed by atoms with E-state index in [0.29, 0.717) is 29.1 Å². The molecule has 0 saturated heterocycles. The lowest BCUT2D eigenvalue weighted by atomic mass is 9.89. The summed E-state index contributed by atoms with van der Waals surface area (Å²) in [7, 11) is 3.31. The first kappa shape index (κ1) is 18.3. The molecule has 1 N–H and O–H groups in total. The zero-order chi connectivity index (χ0) is 19.8. The number of benzene rings is 2. The normalized spacial score (nSPS) is 14.8. The summed E-state index contributed by atoms with van der Waals surface area (Å²) in [4.78, 5) is 24.4. The molecule has 28 heavy (non-hydrogen) atoms. The van der Waals surface area contributed by atoms with Crippen molar-refractivity contribution in [2.75, 3.05) is 12.4 Å². The molecular formula is C22H24N2O4. The maximum atomic E-state index is 12.7. The van der Waals surface area contributed by atoms with Crippen molar-refractivity contribution in [3.63, 3.8) is 0 Å². The summed E-state index contributed by atoms with van der Waals surface area (Å²) in [5.74, 6) is 1.17. The Hall–Kier alpha value is -3.02. The monoisotopic (exact) mass is 380 g/mol. The van der Waals surface area contributed by atoms with Gasteiger partial charge in [0.2, 0.25) is 5.91 Å². The molecule has 1 heterocycles. The zero-order valence-corrected chi connectivity index (χ0v) is 16.3. The van der Waals surface area contributed by atoms with Crippen molar-refractivity contribution in [2.24, 2.45) is 13.0 Å². The number of fused-ring (bicyclic) bond motifs is 1. The van der Waals surface area contributed by atoms with Gasteiger partial charge in [-0.2, -0.15) is 0 Å². The van der Waals surface area contributed by atoms with Crippen LogP contribution in [-0.4, -0.2) is 17.6 Å². The smallest absolute Gasteiger partial charge is 0.419 e. The summed E-state index contributed by atoms with van der Waals surface area (Å²) in [6.45, 7) is 2.02. The largest absolute Gasteiger partial charge is 0.496 e. The summed E-state index contributed by atoms with van der Waals surface area (Å²) in [5, 5.41) is 2.97. The van der Waals surface area contributed by atoms with Crippen molar-refractivity contribution in [2.45, 2.75) is 32.1 Å². The van der Waals surface area contributed by atoms with Crippen LogP contribution in [0.15, 0.2) is 45.6 Å². The van der Waals surface area contributed by atoms with Crippen LogP contribution < -0.4 is 15.8 Å². The van der Waals surface area contributed by atoms with Gasteiger partial charge in [-0.25, -0.2) is 4.79 Å². The number of nitrogens with zero attached hydrogens (tertiary/aromatic N) is 1. The minimum Gasteiger partial charge on any atom is -0.496 e. The SMILES string of the molecule is COc1ccc(C(CC(=O)Nc2ccc3oc(=O)n(C)c3c2)C2CC2)cc1C. The highest BCUT2D eigenvalue weighted by Gasteiger charge is 2.34. The maximum absolute atomic E-state index is 12.7. The Morgan fingerprint density at radius 3 is 2.75 bits per heavy atom. The van der Waals surface area contributed by atoms with Crippen LogP contribution in [0.3, 0.4) is 0 Å². The van der Waals surface area contributed by atoms with Gasteiger partial charge in [-0.05, 0) is 67.0 Å². The minimum absolute atomic E-state index is 0.0294. The molecule has 146 valence electrons. The molecule has 0 spiro atoms. The summed E-state index contributed by atoms with van der Waals surface area (Å²) >= 11 is 0. The van der Waals surface area contributed by atoms with Gasteiger partial charge in [0.15, 0.2) is 5.58 Å². The third-order valence-corrected chi connectivity index (χ3v) is 5.52. The molecule has 6 heteroatoms. The Morgan fingerprint density at radius 2 is 2.07 bits per heavy atom. The number of ether oxygens (including phenoxy) is 1. The van der Waals surface area contributed by atoms with Gasteiger partial charge in [0, 0.05) is 19.2 Å². The van der Waals surface area contributed by atoms with E-state index in [2.05, 4.69) is 17.4 Å². The van der Waals surface area contributed by atoms with Gasteiger partial charge in [-0.3, -0.25) is 9.36 Å². The van der Waals surface area contributed by atoms with Crippen LogP contribution in [0.5, 0.6) is 5.75 Å². The Kier molecular flexibility index (Phi) is 4.71.